The Balaban J connectivity index is 3.12. The molecule has 0 amide bonds. The van der Waals surface area contributed by atoms with Crippen molar-refractivity contribution < 1.29 is 14.6 Å². The Labute approximate surface area is 163 Å². The van der Waals surface area contributed by atoms with E-state index in [-0.39, 0.29) is 12.1 Å². The molecular formula is C23H46O3. The van der Waals surface area contributed by atoms with Crippen molar-refractivity contribution in [3.05, 3.63) is 0 Å². The number of carbonyl (C=O) groups is 1. The molecule has 3 nitrogen and oxygen atoms in total. The number of aliphatic hydroxyl groups is 1. The van der Waals surface area contributed by atoms with Crippen LogP contribution in [0.1, 0.15) is 129 Å². The molecule has 0 aliphatic heterocycles. The van der Waals surface area contributed by atoms with E-state index in [4.69, 9.17) is 0 Å². The van der Waals surface area contributed by atoms with Crippen molar-refractivity contribution in [1.82, 2.24) is 0 Å². The summed E-state index contributed by atoms with van der Waals surface area (Å²) in [6, 6.07) is 0. The molecule has 3 heteroatoms. The molecule has 0 heterocycles. The number of rotatable bonds is 20. The number of hydrogen-bond donors (Lipinski definition) is 1. The van der Waals surface area contributed by atoms with E-state index < -0.39 is 0 Å². The molecule has 0 aromatic rings. The van der Waals surface area contributed by atoms with Crippen LogP contribution in [0.25, 0.3) is 0 Å². The second-order valence-electron chi connectivity index (χ2n) is 7.86. The van der Waals surface area contributed by atoms with Gasteiger partial charge in [-0.15, -0.1) is 0 Å². The lowest BCUT2D eigenvalue weighted by molar-refractivity contribution is -0.141. The first-order valence-corrected chi connectivity index (χ1v) is 11.5. The lowest BCUT2D eigenvalue weighted by Gasteiger charge is -2.09. The normalized spacial score (nSPS) is 12.3. The Morgan fingerprint density at radius 1 is 0.692 bits per heavy atom. The van der Waals surface area contributed by atoms with Gasteiger partial charge in [-0.2, -0.15) is 0 Å². The molecular weight excluding hydrogens is 324 g/mol. The number of aliphatic hydroxyl groups excluding tert-OH is 1. The van der Waals surface area contributed by atoms with Crippen LogP contribution in [0, 0.1) is 0 Å². The van der Waals surface area contributed by atoms with Gasteiger partial charge >= 0.3 is 5.97 Å². The van der Waals surface area contributed by atoms with E-state index in [0.717, 1.165) is 12.8 Å². The van der Waals surface area contributed by atoms with Gasteiger partial charge < -0.3 is 9.84 Å². The SMILES string of the molecule is CCCCCCCCCCCCCCCCCCC(O)CCC(=O)OC. The lowest BCUT2D eigenvalue weighted by atomic mass is 10.0. The molecule has 0 aromatic heterocycles. The first kappa shape index (κ1) is 25.4. The van der Waals surface area contributed by atoms with Gasteiger partial charge in [0.1, 0.15) is 0 Å². The van der Waals surface area contributed by atoms with Crippen molar-refractivity contribution in [2.75, 3.05) is 7.11 Å². The number of hydrogen-bond acceptors (Lipinski definition) is 3. The van der Waals surface area contributed by atoms with Gasteiger partial charge in [-0.25, -0.2) is 0 Å². The second-order valence-corrected chi connectivity index (χ2v) is 7.86. The fourth-order valence-electron chi connectivity index (χ4n) is 3.46. The first-order valence-electron chi connectivity index (χ1n) is 11.5. The molecule has 1 N–H and O–H groups in total. The molecule has 0 rings (SSSR count). The van der Waals surface area contributed by atoms with Crippen LogP contribution in [-0.2, 0) is 9.53 Å². The summed E-state index contributed by atoms with van der Waals surface area (Å²) >= 11 is 0. The monoisotopic (exact) mass is 370 g/mol. The molecule has 0 fully saturated rings. The number of esters is 1. The predicted molar refractivity (Wildman–Crippen MR) is 111 cm³/mol. The molecule has 0 bridgehead atoms. The lowest BCUT2D eigenvalue weighted by Crippen LogP contribution is -2.10. The molecule has 1 atom stereocenters. The highest BCUT2D eigenvalue weighted by Crippen LogP contribution is 2.15. The summed E-state index contributed by atoms with van der Waals surface area (Å²) in [6.45, 7) is 2.28. The Kier molecular flexibility index (Phi) is 20.3. The van der Waals surface area contributed by atoms with E-state index in [1.165, 1.54) is 103 Å². The first-order chi connectivity index (χ1) is 12.7. The maximum Gasteiger partial charge on any atom is 0.305 e. The van der Waals surface area contributed by atoms with Crippen LogP contribution >= 0.6 is 0 Å². The third-order valence-corrected chi connectivity index (χ3v) is 5.30. The Morgan fingerprint density at radius 2 is 1.08 bits per heavy atom. The van der Waals surface area contributed by atoms with Crippen LogP contribution in [0.3, 0.4) is 0 Å². The van der Waals surface area contributed by atoms with E-state index >= 15 is 0 Å². The number of unbranched alkanes of at least 4 members (excludes halogenated alkanes) is 15. The molecule has 0 aromatic carbocycles. The van der Waals surface area contributed by atoms with Crippen LogP contribution in [0.5, 0.6) is 0 Å². The van der Waals surface area contributed by atoms with Crippen molar-refractivity contribution in [3.8, 4) is 0 Å². The van der Waals surface area contributed by atoms with Crippen LogP contribution in [0.2, 0.25) is 0 Å². The summed E-state index contributed by atoms with van der Waals surface area (Å²) in [5.41, 5.74) is 0. The fraction of sp³-hybridized carbons (Fsp3) is 0.957. The zero-order valence-corrected chi connectivity index (χ0v) is 17.8. The van der Waals surface area contributed by atoms with Crippen molar-refractivity contribution >= 4 is 5.97 Å². The average molecular weight is 371 g/mol. The number of methoxy groups -OCH3 is 1. The fourth-order valence-corrected chi connectivity index (χ4v) is 3.46. The van der Waals surface area contributed by atoms with Crippen LogP contribution in [-0.4, -0.2) is 24.3 Å². The maximum absolute atomic E-state index is 11.0. The van der Waals surface area contributed by atoms with Gasteiger partial charge in [-0.1, -0.05) is 110 Å². The summed E-state index contributed by atoms with van der Waals surface area (Å²) < 4.78 is 4.59. The minimum atomic E-state index is -0.347. The number of ether oxygens (including phenoxy) is 1. The van der Waals surface area contributed by atoms with Crippen molar-refractivity contribution in [1.29, 1.82) is 0 Å². The molecule has 156 valence electrons. The summed E-state index contributed by atoms with van der Waals surface area (Å²) in [5, 5.41) is 9.80. The number of carbonyl (C=O) groups excluding carboxylic acids is 1. The van der Waals surface area contributed by atoms with Crippen molar-refractivity contribution in [3.63, 3.8) is 0 Å². The highest BCUT2D eigenvalue weighted by molar-refractivity contribution is 5.69. The van der Waals surface area contributed by atoms with Crippen molar-refractivity contribution in [2.24, 2.45) is 0 Å². The summed E-state index contributed by atoms with van der Waals surface area (Å²) in [5.74, 6) is -0.226. The van der Waals surface area contributed by atoms with Gasteiger partial charge in [0.15, 0.2) is 0 Å². The van der Waals surface area contributed by atoms with E-state index in [2.05, 4.69) is 11.7 Å². The van der Waals surface area contributed by atoms with Gasteiger partial charge in [0.25, 0.3) is 0 Å². The topological polar surface area (TPSA) is 46.5 Å². The largest absolute Gasteiger partial charge is 0.469 e. The third-order valence-electron chi connectivity index (χ3n) is 5.30. The van der Waals surface area contributed by atoms with Crippen molar-refractivity contribution in [2.45, 2.75) is 135 Å². The molecule has 0 radical (unpaired) electrons. The Hall–Kier alpha value is -0.570. The maximum atomic E-state index is 11.0. The van der Waals surface area contributed by atoms with E-state index in [0.29, 0.717) is 12.8 Å². The molecule has 26 heavy (non-hydrogen) atoms. The average Bonchev–Trinajstić information content (AvgIpc) is 2.65. The van der Waals surface area contributed by atoms with E-state index in [1.54, 1.807) is 0 Å². The van der Waals surface area contributed by atoms with Gasteiger partial charge in [0, 0.05) is 6.42 Å². The van der Waals surface area contributed by atoms with E-state index in [1.807, 2.05) is 0 Å². The molecule has 0 aliphatic carbocycles. The molecule has 0 saturated carbocycles. The highest BCUT2D eigenvalue weighted by Gasteiger charge is 2.07. The van der Waals surface area contributed by atoms with Gasteiger partial charge in [0.2, 0.25) is 0 Å². The molecule has 0 saturated heterocycles. The quantitative estimate of drug-likeness (QED) is 0.186. The highest BCUT2D eigenvalue weighted by atomic mass is 16.5. The molecule has 0 aliphatic rings. The van der Waals surface area contributed by atoms with Crippen LogP contribution in [0.4, 0.5) is 0 Å². The zero-order chi connectivity index (χ0) is 19.3. The molecule has 1 unspecified atom stereocenters. The van der Waals surface area contributed by atoms with Crippen LogP contribution < -0.4 is 0 Å². The standard InChI is InChI=1S/C23H46O3/c1-3-4-5-6-7-8-9-10-11-12-13-14-15-16-17-18-19-22(24)20-21-23(25)26-2/h22,24H,3-21H2,1-2H3. The smallest absolute Gasteiger partial charge is 0.305 e. The zero-order valence-electron chi connectivity index (χ0n) is 17.8. The molecule has 0 spiro atoms. The minimum Gasteiger partial charge on any atom is -0.469 e. The van der Waals surface area contributed by atoms with Gasteiger partial charge in [-0.05, 0) is 12.8 Å². The summed E-state index contributed by atoms with van der Waals surface area (Å²) in [7, 11) is 1.39. The Morgan fingerprint density at radius 3 is 1.46 bits per heavy atom. The van der Waals surface area contributed by atoms with Gasteiger partial charge in [0.05, 0.1) is 13.2 Å². The van der Waals surface area contributed by atoms with Crippen LogP contribution in [0.15, 0.2) is 0 Å². The van der Waals surface area contributed by atoms with Gasteiger partial charge in [-0.3, -0.25) is 4.79 Å². The Bertz CT molecular complexity index is 291. The summed E-state index contributed by atoms with van der Waals surface area (Å²) in [4.78, 5) is 11.0. The minimum absolute atomic E-state index is 0.226. The second kappa shape index (κ2) is 20.7. The summed E-state index contributed by atoms with van der Waals surface area (Å²) in [6.07, 6.45) is 23.2. The van der Waals surface area contributed by atoms with E-state index in [9.17, 15) is 9.90 Å². The third kappa shape index (κ3) is 19.8. The predicted octanol–water partition coefficient (Wildman–Crippen LogP) is 6.95.